The van der Waals surface area contributed by atoms with E-state index in [0.717, 1.165) is 31.0 Å². The Kier molecular flexibility index (Phi) is 3.48. The van der Waals surface area contributed by atoms with Gasteiger partial charge in [0.15, 0.2) is 0 Å². The van der Waals surface area contributed by atoms with Gasteiger partial charge in [0.2, 0.25) is 0 Å². The van der Waals surface area contributed by atoms with E-state index in [9.17, 15) is 0 Å². The number of halogens is 2. The highest BCUT2D eigenvalue weighted by molar-refractivity contribution is 9.10. The maximum absolute atomic E-state index is 6.40. The summed E-state index contributed by atoms with van der Waals surface area (Å²) in [6.07, 6.45) is 5.80. The zero-order valence-corrected chi connectivity index (χ0v) is 14.3. The average Bonchev–Trinajstić information content (AvgIpc) is 2.85. The molecule has 21 heavy (non-hydrogen) atoms. The Morgan fingerprint density at radius 3 is 2.86 bits per heavy atom. The molecule has 0 saturated heterocycles. The Morgan fingerprint density at radius 1 is 1.24 bits per heavy atom. The molecule has 0 amide bonds. The minimum Gasteiger partial charge on any atom is -0.249 e. The van der Waals surface area contributed by atoms with Crippen molar-refractivity contribution in [3.63, 3.8) is 0 Å². The van der Waals surface area contributed by atoms with Crippen LogP contribution in [0, 0.1) is 0 Å². The molecule has 1 saturated carbocycles. The molecule has 1 fully saturated rings. The summed E-state index contributed by atoms with van der Waals surface area (Å²) < 4.78 is 1.01. The SMILES string of the molecule is Clc1cc(-c2cnc(C3CCC3)s2)nc2cc(Br)ccc12. The molecular formula is C16H12BrClN2S. The summed E-state index contributed by atoms with van der Waals surface area (Å²) in [5.74, 6) is 0.661. The molecule has 1 aliphatic carbocycles. The fourth-order valence-corrected chi connectivity index (χ4v) is 4.20. The van der Waals surface area contributed by atoms with Crippen LogP contribution < -0.4 is 0 Å². The van der Waals surface area contributed by atoms with Gasteiger partial charge in [0.05, 0.1) is 26.1 Å². The van der Waals surface area contributed by atoms with Crippen molar-refractivity contribution in [2.45, 2.75) is 25.2 Å². The van der Waals surface area contributed by atoms with Crippen molar-refractivity contribution in [3.05, 3.63) is 45.0 Å². The third kappa shape index (κ3) is 2.50. The molecule has 1 aliphatic rings. The van der Waals surface area contributed by atoms with Crippen LogP contribution in [0.2, 0.25) is 5.02 Å². The van der Waals surface area contributed by atoms with Gasteiger partial charge in [-0.2, -0.15) is 0 Å². The first kappa shape index (κ1) is 13.7. The number of nitrogens with zero attached hydrogens (tertiary/aromatic N) is 2. The summed E-state index contributed by atoms with van der Waals surface area (Å²) in [6.45, 7) is 0. The molecule has 0 atom stereocenters. The third-order valence-electron chi connectivity index (χ3n) is 3.95. The number of pyridine rings is 1. The molecule has 3 aromatic rings. The molecule has 106 valence electrons. The van der Waals surface area contributed by atoms with Gasteiger partial charge in [0.25, 0.3) is 0 Å². The van der Waals surface area contributed by atoms with Crippen LogP contribution >= 0.6 is 38.9 Å². The van der Waals surface area contributed by atoms with Crippen LogP contribution in [0.4, 0.5) is 0 Å². The standard InChI is InChI=1S/C16H12BrClN2S/c17-10-4-5-11-12(18)7-14(20-13(11)6-10)15-8-19-16(21-15)9-2-1-3-9/h4-9H,1-3H2. The minimum atomic E-state index is 0.661. The zero-order valence-electron chi connectivity index (χ0n) is 11.1. The predicted octanol–water partition coefficient (Wildman–Crippen LogP) is 6.04. The summed E-state index contributed by atoms with van der Waals surface area (Å²) in [4.78, 5) is 10.4. The van der Waals surface area contributed by atoms with Crippen LogP contribution in [0.25, 0.3) is 21.5 Å². The first-order valence-electron chi connectivity index (χ1n) is 6.92. The van der Waals surface area contributed by atoms with Crippen LogP contribution in [0.3, 0.4) is 0 Å². The van der Waals surface area contributed by atoms with E-state index in [-0.39, 0.29) is 0 Å². The quantitative estimate of drug-likeness (QED) is 0.542. The molecule has 0 spiro atoms. The van der Waals surface area contributed by atoms with Gasteiger partial charge in [-0.15, -0.1) is 11.3 Å². The number of hydrogen-bond acceptors (Lipinski definition) is 3. The number of aromatic nitrogens is 2. The van der Waals surface area contributed by atoms with Crippen LogP contribution in [-0.2, 0) is 0 Å². The molecule has 2 heterocycles. The number of hydrogen-bond donors (Lipinski definition) is 0. The Bertz CT molecular complexity index is 826. The summed E-state index contributed by atoms with van der Waals surface area (Å²) in [5.41, 5.74) is 1.82. The third-order valence-corrected chi connectivity index (χ3v) is 5.94. The largest absolute Gasteiger partial charge is 0.249 e. The maximum atomic E-state index is 6.40. The second-order valence-electron chi connectivity index (χ2n) is 5.34. The summed E-state index contributed by atoms with van der Waals surface area (Å²) in [6, 6.07) is 7.91. The van der Waals surface area contributed by atoms with E-state index in [1.807, 2.05) is 30.5 Å². The van der Waals surface area contributed by atoms with Crippen LogP contribution in [-0.4, -0.2) is 9.97 Å². The molecule has 0 unspecified atom stereocenters. The highest BCUT2D eigenvalue weighted by Crippen LogP contribution is 2.40. The van der Waals surface area contributed by atoms with E-state index in [4.69, 9.17) is 16.6 Å². The van der Waals surface area contributed by atoms with Gasteiger partial charge < -0.3 is 0 Å². The van der Waals surface area contributed by atoms with Crippen molar-refractivity contribution in [1.82, 2.24) is 9.97 Å². The van der Waals surface area contributed by atoms with Crippen LogP contribution in [0.1, 0.15) is 30.2 Å². The second-order valence-corrected chi connectivity index (χ2v) is 7.73. The summed E-state index contributed by atoms with van der Waals surface area (Å²) >= 11 is 11.6. The summed E-state index contributed by atoms with van der Waals surface area (Å²) in [5, 5.41) is 2.96. The Morgan fingerprint density at radius 2 is 2.10 bits per heavy atom. The Balaban J connectivity index is 1.80. The van der Waals surface area contributed by atoms with Crippen LogP contribution in [0.15, 0.2) is 34.9 Å². The van der Waals surface area contributed by atoms with Gasteiger partial charge in [-0.3, -0.25) is 0 Å². The van der Waals surface area contributed by atoms with Gasteiger partial charge in [-0.25, -0.2) is 9.97 Å². The molecule has 2 nitrogen and oxygen atoms in total. The normalized spacial score (nSPS) is 15.3. The van der Waals surface area contributed by atoms with E-state index >= 15 is 0 Å². The lowest BCUT2D eigenvalue weighted by Crippen LogP contribution is -2.07. The van der Waals surface area contributed by atoms with Gasteiger partial charge in [-0.05, 0) is 31.0 Å². The second kappa shape index (κ2) is 5.34. The molecule has 0 radical (unpaired) electrons. The van der Waals surface area contributed by atoms with E-state index in [1.165, 1.54) is 24.3 Å². The van der Waals surface area contributed by atoms with Crippen molar-refractivity contribution in [2.24, 2.45) is 0 Å². The van der Waals surface area contributed by atoms with E-state index < -0.39 is 0 Å². The molecule has 4 rings (SSSR count). The van der Waals surface area contributed by atoms with Crippen molar-refractivity contribution < 1.29 is 0 Å². The minimum absolute atomic E-state index is 0.661. The first-order chi connectivity index (χ1) is 10.2. The van der Waals surface area contributed by atoms with E-state index in [2.05, 4.69) is 20.9 Å². The van der Waals surface area contributed by atoms with Gasteiger partial charge in [0.1, 0.15) is 0 Å². The fourth-order valence-electron chi connectivity index (χ4n) is 2.54. The van der Waals surface area contributed by atoms with Crippen molar-refractivity contribution >= 4 is 49.8 Å². The number of fused-ring (bicyclic) bond motifs is 1. The Labute approximate surface area is 140 Å². The maximum Gasteiger partial charge on any atom is 0.0962 e. The molecule has 5 heteroatoms. The van der Waals surface area contributed by atoms with Gasteiger partial charge in [-0.1, -0.05) is 40.0 Å². The zero-order chi connectivity index (χ0) is 14.4. The molecule has 0 aliphatic heterocycles. The number of rotatable bonds is 2. The lowest BCUT2D eigenvalue weighted by Gasteiger charge is -2.22. The highest BCUT2D eigenvalue weighted by atomic mass is 79.9. The number of thiazole rings is 1. The van der Waals surface area contributed by atoms with E-state index in [0.29, 0.717) is 5.92 Å². The predicted molar refractivity (Wildman–Crippen MR) is 92.2 cm³/mol. The first-order valence-corrected chi connectivity index (χ1v) is 8.91. The average molecular weight is 380 g/mol. The van der Waals surface area contributed by atoms with Crippen molar-refractivity contribution in [2.75, 3.05) is 0 Å². The van der Waals surface area contributed by atoms with Gasteiger partial charge >= 0.3 is 0 Å². The molecule has 2 aromatic heterocycles. The molecule has 1 aromatic carbocycles. The Hall–Kier alpha value is -0.970. The highest BCUT2D eigenvalue weighted by Gasteiger charge is 2.23. The fraction of sp³-hybridized carbons (Fsp3) is 0.250. The van der Waals surface area contributed by atoms with Crippen LogP contribution in [0.5, 0.6) is 0 Å². The van der Waals surface area contributed by atoms with E-state index in [1.54, 1.807) is 11.3 Å². The molecule has 0 bridgehead atoms. The smallest absolute Gasteiger partial charge is 0.0962 e. The van der Waals surface area contributed by atoms with Crippen molar-refractivity contribution in [3.8, 4) is 10.6 Å². The topological polar surface area (TPSA) is 25.8 Å². The molecular weight excluding hydrogens is 368 g/mol. The van der Waals surface area contributed by atoms with Gasteiger partial charge in [0, 0.05) is 22.0 Å². The van der Waals surface area contributed by atoms with Crippen molar-refractivity contribution in [1.29, 1.82) is 0 Å². The lowest BCUT2D eigenvalue weighted by atomic mass is 9.86. The number of benzene rings is 1. The monoisotopic (exact) mass is 378 g/mol. The summed E-state index contributed by atoms with van der Waals surface area (Å²) in [7, 11) is 0. The molecule has 0 N–H and O–H groups in total. The lowest BCUT2D eigenvalue weighted by molar-refractivity contribution is 0.418.